The third-order valence-electron chi connectivity index (χ3n) is 1.66. The summed E-state index contributed by atoms with van der Waals surface area (Å²) in [7, 11) is 0. The van der Waals surface area contributed by atoms with Gasteiger partial charge in [0.15, 0.2) is 0 Å². The van der Waals surface area contributed by atoms with Gasteiger partial charge in [-0.2, -0.15) is 0 Å². The van der Waals surface area contributed by atoms with Gasteiger partial charge in [0.1, 0.15) is 0 Å². The Labute approximate surface area is 208 Å². The van der Waals surface area contributed by atoms with E-state index in [0.29, 0.717) is 0 Å². The van der Waals surface area contributed by atoms with Gasteiger partial charge < -0.3 is 30.6 Å². The van der Waals surface area contributed by atoms with Crippen LogP contribution in [0.3, 0.4) is 0 Å². The average molecular weight is 672 g/mol. The molecule has 0 fully saturated rings. The van der Waals surface area contributed by atoms with Crippen LogP contribution in [0.4, 0.5) is 0 Å². The Morgan fingerprint density at radius 1 is 0.346 bits per heavy atom. The summed E-state index contributed by atoms with van der Waals surface area (Å²) in [5.74, 6) is -6.46. The van der Waals surface area contributed by atoms with Gasteiger partial charge in [0, 0.05) is 77.2 Å². The van der Waals surface area contributed by atoms with Crippen molar-refractivity contribution in [3.05, 3.63) is 0 Å². The third kappa shape index (κ3) is 56.6. The van der Waals surface area contributed by atoms with E-state index in [1.165, 1.54) is 0 Å². The minimum atomic E-state index is -1.08. The van der Waals surface area contributed by atoms with Gasteiger partial charge in [-0.3, -0.25) is 28.8 Å². The zero-order valence-corrected chi connectivity index (χ0v) is 17.3. The van der Waals surface area contributed by atoms with Gasteiger partial charge in [0.2, 0.25) is 0 Å². The standard InChI is InChI=1S/3C4H6O4.2Tb/c3*5-3(6)1-2-4(7)8;;/h3*1-2H2,(H,5,6)(H,7,8);;. The van der Waals surface area contributed by atoms with Crippen LogP contribution in [0.15, 0.2) is 0 Å². The van der Waals surface area contributed by atoms with E-state index in [9.17, 15) is 28.8 Å². The molecule has 0 aromatic carbocycles. The summed E-state index contributed by atoms with van der Waals surface area (Å²) >= 11 is 0. The third-order valence-corrected chi connectivity index (χ3v) is 1.66. The Balaban J connectivity index is -0.0000000817. The maximum Gasteiger partial charge on any atom is 0.303 e. The van der Waals surface area contributed by atoms with E-state index in [4.69, 9.17) is 30.6 Å². The smallest absolute Gasteiger partial charge is 0.303 e. The van der Waals surface area contributed by atoms with Crippen LogP contribution in [-0.4, -0.2) is 66.5 Å². The van der Waals surface area contributed by atoms with Crippen LogP contribution in [0, 0.1) is 77.2 Å². The van der Waals surface area contributed by atoms with Gasteiger partial charge in [0.25, 0.3) is 0 Å². The molecule has 0 aromatic rings. The quantitative estimate of drug-likeness (QED) is 0.188. The Hall–Kier alpha value is -0.609. The fourth-order valence-corrected chi connectivity index (χ4v) is 0.642. The van der Waals surface area contributed by atoms with Crippen LogP contribution in [-0.2, 0) is 28.8 Å². The fraction of sp³-hybridized carbons (Fsp3) is 0.500. The van der Waals surface area contributed by atoms with Gasteiger partial charge in [-0.15, -0.1) is 0 Å². The number of carboxylic acids is 6. The zero-order chi connectivity index (χ0) is 19.7. The Morgan fingerprint density at radius 2 is 0.423 bits per heavy atom. The molecular weight excluding hydrogens is 654 g/mol. The van der Waals surface area contributed by atoms with Crippen LogP contribution >= 0.6 is 0 Å². The summed E-state index contributed by atoms with van der Waals surface area (Å²) < 4.78 is 0. The SMILES string of the molecule is O=C(O)CCC(=O)O.O=C(O)CCC(=O)O.O=C(O)CCC(=O)O.[Tb].[Tb]. The monoisotopic (exact) mass is 672 g/mol. The molecule has 26 heavy (non-hydrogen) atoms. The molecule has 14 heteroatoms. The van der Waals surface area contributed by atoms with Crippen LogP contribution in [0.1, 0.15) is 38.5 Å². The van der Waals surface area contributed by atoms with Crippen molar-refractivity contribution < 1.29 is 137 Å². The second kappa shape index (κ2) is 24.4. The molecule has 6 N–H and O–H groups in total. The van der Waals surface area contributed by atoms with Gasteiger partial charge >= 0.3 is 35.8 Å². The molecule has 156 valence electrons. The largest absolute Gasteiger partial charge is 0.481 e. The van der Waals surface area contributed by atoms with Crippen molar-refractivity contribution in [1.29, 1.82) is 0 Å². The van der Waals surface area contributed by atoms with Crippen molar-refractivity contribution in [2.45, 2.75) is 38.5 Å². The number of hydrogen-bond donors (Lipinski definition) is 6. The first-order valence-corrected chi connectivity index (χ1v) is 6.19. The molecule has 0 bridgehead atoms. The molecule has 2 radical (unpaired) electrons. The van der Waals surface area contributed by atoms with E-state index in [-0.39, 0.29) is 116 Å². The molecule has 12 nitrogen and oxygen atoms in total. The molecule has 0 saturated carbocycles. The topological polar surface area (TPSA) is 224 Å². The number of hydrogen-bond acceptors (Lipinski definition) is 6. The first kappa shape index (κ1) is 36.3. The van der Waals surface area contributed by atoms with Gasteiger partial charge in [-0.05, 0) is 0 Å². The van der Waals surface area contributed by atoms with Crippen LogP contribution in [0.25, 0.3) is 0 Å². The molecule has 0 saturated heterocycles. The zero-order valence-electron chi connectivity index (χ0n) is 13.0. The van der Waals surface area contributed by atoms with E-state index >= 15 is 0 Å². The fourth-order valence-electron chi connectivity index (χ4n) is 0.642. The summed E-state index contributed by atoms with van der Waals surface area (Å²) in [6.45, 7) is 0. The normalized spacial score (nSPS) is 7.85. The maximum atomic E-state index is 9.64. The van der Waals surface area contributed by atoms with Gasteiger partial charge in [0.05, 0.1) is 38.5 Å². The number of carboxylic acid groups (broad SMARTS) is 6. The molecule has 0 aliphatic heterocycles. The molecule has 0 aliphatic rings. The van der Waals surface area contributed by atoms with Crippen LogP contribution in [0.2, 0.25) is 0 Å². The van der Waals surface area contributed by atoms with Gasteiger partial charge in [-0.25, -0.2) is 0 Å². The Bertz CT molecular complexity index is 355. The summed E-state index contributed by atoms with van der Waals surface area (Å²) in [6, 6.07) is 0. The molecule has 0 heterocycles. The summed E-state index contributed by atoms with van der Waals surface area (Å²) in [5, 5.41) is 47.4. The van der Waals surface area contributed by atoms with E-state index < -0.39 is 35.8 Å². The first-order valence-electron chi connectivity index (χ1n) is 6.19. The van der Waals surface area contributed by atoms with Crippen LogP contribution in [0.5, 0.6) is 0 Å². The van der Waals surface area contributed by atoms with Crippen molar-refractivity contribution in [2.24, 2.45) is 0 Å². The Kier molecular flexibility index (Phi) is 34.1. The molecule has 0 rings (SSSR count). The molecule has 0 atom stereocenters. The molecule has 0 amide bonds. The molecule has 0 aliphatic carbocycles. The van der Waals surface area contributed by atoms with Crippen molar-refractivity contribution in [3.8, 4) is 0 Å². The van der Waals surface area contributed by atoms with Gasteiger partial charge in [-0.1, -0.05) is 0 Å². The van der Waals surface area contributed by atoms with Crippen LogP contribution < -0.4 is 0 Å². The molecule has 0 unspecified atom stereocenters. The Morgan fingerprint density at radius 3 is 0.462 bits per heavy atom. The van der Waals surface area contributed by atoms with Crippen molar-refractivity contribution in [1.82, 2.24) is 0 Å². The predicted octanol–water partition coefficient (Wildman–Crippen LogP) is -0.193. The first-order chi connectivity index (χ1) is 10.9. The van der Waals surface area contributed by atoms with E-state index in [2.05, 4.69) is 0 Å². The van der Waals surface area contributed by atoms with E-state index in [1.807, 2.05) is 0 Å². The number of carbonyl (C=O) groups is 6. The van der Waals surface area contributed by atoms with Crippen molar-refractivity contribution in [3.63, 3.8) is 0 Å². The summed E-state index contributed by atoms with van der Waals surface area (Å²) in [4.78, 5) is 57.8. The average Bonchev–Trinajstić information content (AvgIpc) is 2.42. The number of aliphatic carboxylic acids is 6. The molecule has 0 spiro atoms. The summed E-state index contributed by atoms with van der Waals surface area (Å²) in [5.41, 5.74) is 0. The summed E-state index contributed by atoms with van der Waals surface area (Å²) in [6.07, 6.45) is -1.78. The minimum absolute atomic E-state index is 0. The second-order valence-electron chi connectivity index (χ2n) is 3.86. The predicted molar refractivity (Wildman–Crippen MR) is 73.5 cm³/mol. The van der Waals surface area contributed by atoms with E-state index in [1.54, 1.807) is 0 Å². The van der Waals surface area contributed by atoms with E-state index in [0.717, 1.165) is 0 Å². The minimum Gasteiger partial charge on any atom is -0.481 e. The number of rotatable bonds is 9. The second-order valence-corrected chi connectivity index (χ2v) is 3.86. The maximum absolute atomic E-state index is 9.64. The van der Waals surface area contributed by atoms with Crippen molar-refractivity contribution >= 4 is 35.8 Å². The van der Waals surface area contributed by atoms with Crippen molar-refractivity contribution in [2.75, 3.05) is 0 Å². The molecule has 0 aromatic heterocycles. The molecular formula is C12H18O12Tb2.